The lowest BCUT2D eigenvalue weighted by Crippen LogP contribution is -2.07. The van der Waals surface area contributed by atoms with E-state index in [1.165, 1.54) is 18.2 Å². The lowest BCUT2D eigenvalue weighted by atomic mass is 9.97. The fraction of sp³-hybridized carbons (Fsp3) is 0.250. The van der Waals surface area contributed by atoms with Crippen molar-refractivity contribution in [3.05, 3.63) is 88.9 Å². The van der Waals surface area contributed by atoms with Crippen LogP contribution in [0.15, 0.2) is 60.8 Å². The first kappa shape index (κ1) is 24.2. The van der Waals surface area contributed by atoms with Crippen molar-refractivity contribution in [2.45, 2.75) is 32.7 Å². The van der Waals surface area contributed by atoms with Crippen LogP contribution in [0.5, 0.6) is 5.88 Å². The van der Waals surface area contributed by atoms with Gasteiger partial charge in [-0.3, -0.25) is 0 Å². The summed E-state index contributed by atoms with van der Waals surface area (Å²) in [6, 6.07) is 18.2. The van der Waals surface area contributed by atoms with E-state index in [4.69, 9.17) is 9.47 Å². The molecule has 0 atom stereocenters. The van der Waals surface area contributed by atoms with Crippen molar-refractivity contribution in [3.63, 3.8) is 0 Å². The molecule has 0 spiro atoms. The van der Waals surface area contributed by atoms with Gasteiger partial charge in [0.25, 0.3) is 0 Å². The van der Waals surface area contributed by atoms with Crippen LogP contribution in [0, 0.1) is 6.92 Å². The number of nitrogens with zero attached hydrogens (tertiary/aromatic N) is 5. The lowest BCUT2D eigenvalue weighted by Gasteiger charge is -2.14. The molecule has 0 saturated heterocycles. The van der Waals surface area contributed by atoms with Gasteiger partial charge in [0.1, 0.15) is 0 Å². The molecule has 0 fully saturated rings. The molecule has 0 unspecified atom stereocenters. The average Bonchev–Trinajstić information content (AvgIpc) is 3.56. The molecule has 188 valence electrons. The van der Waals surface area contributed by atoms with Crippen molar-refractivity contribution in [1.82, 2.24) is 30.2 Å². The van der Waals surface area contributed by atoms with E-state index in [1.54, 1.807) is 19.4 Å². The number of hydrogen-bond donors (Lipinski definition) is 1. The van der Waals surface area contributed by atoms with Gasteiger partial charge in [-0.15, -0.1) is 10.2 Å². The standard InChI is InChI=1S/C28H28N6O3/c1-18-6-8-19(9-7-18)10-12-21-23-17-20(28(35)37-3)11-13-24(23)34(16-14-25-30-32-33-31-25)26(21)22-5-4-15-29-27(22)36-2/h4-9,11,13,15,17H,10,12,14,16H2,1-3H3,(H,30,31,32,33). The molecule has 37 heavy (non-hydrogen) atoms. The SMILES string of the molecule is COC(=O)c1ccc2c(c1)c(CCc1ccc(C)cc1)c(-c1cccnc1OC)n2CCc1nn[nH]n1. The number of carbonyl (C=O) groups excluding carboxylic acids is 1. The molecule has 9 heteroatoms. The number of hydrogen-bond acceptors (Lipinski definition) is 7. The van der Waals surface area contributed by atoms with Gasteiger partial charge in [-0.05, 0) is 61.2 Å². The Bertz CT molecular complexity index is 1520. The van der Waals surface area contributed by atoms with Crippen molar-refractivity contribution >= 4 is 16.9 Å². The molecule has 2 aromatic carbocycles. The maximum atomic E-state index is 12.4. The Morgan fingerprint density at radius 2 is 1.86 bits per heavy atom. The van der Waals surface area contributed by atoms with Crippen molar-refractivity contribution in [3.8, 4) is 17.1 Å². The number of benzene rings is 2. The Balaban J connectivity index is 1.70. The Hall–Kier alpha value is -4.53. The van der Waals surface area contributed by atoms with E-state index in [0.29, 0.717) is 30.2 Å². The smallest absolute Gasteiger partial charge is 0.337 e. The number of rotatable bonds is 9. The average molecular weight is 497 g/mol. The second-order valence-electron chi connectivity index (χ2n) is 8.83. The van der Waals surface area contributed by atoms with E-state index < -0.39 is 0 Å². The highest BCUT2D eigenvalue weighted by atomic mass is 16.5. The van der Waals surface area contributed by atoms with Crippen LogP contribution in [-0.4, -0.2) is 50.4 Å². The molecule has 3 aromatic heterocycles. The number of tetrazole rings is 1. The maximum absolute atomic E-state index is 12.4. The van der Waals surface area contributed by atoms with Crippen molar-refractivity contribution < 1.29 is 14.3 Å². The second-order valence-corrected chi connectivity index (χ2v) is 8.83. The quantitative estimate of drug-likeness (QED) is 0.302. The molecule has 3 heterocycles. The van der Waals surface area contributed by atoms with E-state index in [9.17, 15) is 4.79 Å². The van der Waals surface area contributed by atoms with Crippen molar-refractivity contribution in [1.29, 1.82) is 0 Å². The van der Waals surface area contributed by atoms with Crippen LogP contribution in [0.3, 0.4) is 0 Å². The number of aromatic nitrogens is 6. The minimum Gasteiger partial charge on any atom is -0.481 e. The van der Waals surface area contributed by atoms with Gasteiger partial charge in [-0.25, -0.2) is 9.78 Å². The molecule has 0 bridgehead atoms. The van der Waals surface area contributed by atoms with E-state index in [-0.39, 0.29) is 5.97 Å². The number of fused-ring (bicyclic) bond motifs is 1. The molecular weight excluding hydrogens is 468 g/mol. The number of nitrogens with one attached hydrogen (secondary N) is 1. The highest BCUT2D eigenvalue weighted by molar-refractivity contribution is 5.99. The molecule has 0 aliphatic carbocycles. The van der Waals surface area contributed by atoms with Gasteiger partial charge in [0.15, 0.2) is 5.82 Å². The van der Waals surface area contributed by atoms with E-state index in [2.05, 4.69) is 61.4 Å². The monoisotopic (exact) mass is 496 g/mol. The molecule has 0 saturated carbocycles. The zero-order chi connectivity index (χ0) is 25.8. The minimum atomic E-state index is -0.369. The van der Waals surface area contributed by atoms with Crippen LogP contribution in [0.1, 0.15) is 32.9 Å². The summed E-state index contributed by atoms with van der Waals surface area (Å²) in [4.78, 5) is 16.9. The van der Waals surface area contributed by atoms with E-state index in [1.807, 2.05) is 24.3 Å². The summed E-state index contributed by atoms with van der Waals surface area (Å²) >= 11 is 0. The normalized spacial score (nSPS) is 11.1. The summed E-state index contributed by atoms with van der Waals surface area (Å²) in [5.41, 5.74) is 6.96. The third kappa shape index (κ3) is 4.93. The molecule has 1 N–H and O–H groups in total. The number of ether oxygens (including phenoxy) is 2. The topological polar surface area (TPSA) is 108 Å². The summed E-state index contributed by atoms with van der Waals surface area (Å²) in [6.45, 7) is 2.69. The van der Waals surface area contributed by atoms with Crippen molar-refractivity contribution in [2.24, 2.45) is 0 Å². The van der Waals surface area contributed by atoms with Gasteiger partial charge in [0.05, 0.1) is 31.0 Å². The number of esters is 1. The van der Waals surface area contributed by atoms with Gasteiger partial charge in [-0.1, -0.05) is 35.0 Å². The Kier molecular flexibility index (Phi) is 6.93. The molecular formula is C28H28N6O3. The van der Waals surface area contributed by atoms with Gasteiger partial charge in [-0.2, -0.15) is 5.21 Å². The Morgan fingerprint density at radius 3 is 2.59 bits per heavy atom. The summed E-state index contributed by atoms with van der Waals surface area (Å²) < 4.78 is 12.9. The maximum Gasteiger partial charge on any atom is 0.337 e. The third-order valence-electron chi connectivity index (χ3n) is 6.54. The van der Waals surface area contributed by atoms with E-state index >= 15 is 0 Å². The largest absolute Gasteiger partial charge is 0.481 e. The van der Waals surface area contributed by atoms with Crippen molar-refractivity contribution in [2.75, 3.05) is 14.2 Å². The number of carbonyl (C=O) groups is 1. The first-order chi connectivity index (χ1) is 18.1. The summed E-state index contributed by atoms with van der Waals surface area (Å²) in [5, 5.41) is 15.5. The molecule has 5 rings (SSSR count). The number of pyridine rings is 1. The van der Waals surface area contributed by atoms with Crippen LogP contribution < -0.4 is 4.74 Å². The first-order valence-corrected chi connectivity index (χ1v) is 12.1. The predicted molar refractivity (Wildman–Crippen MR) is 140 cm³/mol. The molecule has 0 aliphatic rings. The molecule has 9 nitrogen and oxygen atoms in total. The minimum absolute atomic E-state index is 0.369. The number of H-pyrrole nitrogens is 1. The third-order valence-corrected chi connectivity index (χ3v) is 6.54. The molecule has 5 aromatic rings. The Morgan fingerprint density at radius 1 is 1.03 bits per heavy atom. The fourth-order valence-electron chi connectivity index (χ4n) is 4.72. The van der Waals surface area contributed by atoms with Gasteiger partial charge >= 0.3 is 5.97 Å². The second kappa shape index (κ2) is 10.6. The van der Waals surface area contributed by atoms with Crippen LogP contribution in [0.25, 0.3) is 22.2 Å². The van der Waals surface area contributed by atoms with Gasteiger partial charge in [0, 0.05) is 30.1 Å². The van der Waals surface area contributed by atoms with Crippen LogP contribution in [0.4, 0.5) is 0 Å². The predicted octanol–water partition coefficient (Wildman–Crippen LogP) is 4.35. The van der Waals surface area contributed by atoms with Crippen LogP contribution >= 0.6 is 0 Å². The highest BCUT2D eigenvalue weighted by Gasteiger charge is 2.23. The molecule has 0 aliphatic heterocycles. The van der Waals surface area contributed by atoms with Crippen LogP contribution in [0.2, 0.25) is 0 Å². The summed E-state index contributed by atoms with van der Waals surface area (Å²) in [7, 11) is 3.02. The molecule has 0 amide bonds. The number of methoxy groups -OCH3 is 2. The van der Waals surface area contributed by atoms with E-state index in [0.717, 1.165) is 40.6 Å². The van der Waals surface area contributed by atoms with Gasteiger partial charge in [0.2, 0.25) is 5.88 Å². The summed E-state index contributed by atoms with van der Waals surface area (Å²) in [5.74, 6) is 0.792. The number of aryl methyl sites for hydroxylation is 5. The lowest BCUT2D eigenvalue weighted by molar-refractivity contribution is 0.0601. The number of aromatic amines is 1. The Labute approximate surface area is 214 Å². The fourth-order valence-corrected chi connectivity index (χ4v) is 4.72. The first-order valence-electron chi connectivity index (χ1n) is 12.1. The van der Waals surface area contributed by atoms with Gasteiger partial charge < -0.3 is 14.0 Å². The zero-order valence-electron chi connectivity index (χ0n) is 21.1. The summed E-state index contributed by atoms with van der Waals surface area (Å²) in [6.07, 6.45) is 3.89. The molecule has 0 radical (unpaired) electrons. The van der Waals surface area contributed by atoms with Crippen LogP contribution in [-0.2, 0) is 30.5 Å². The highest BCUT2D eigenvalue weighted by Crippen LogP contribution is 2.39. The zero-order valence-corrected chi connectivity index (χ0v) is 21.1.